The Morgan fingerprint density at radius 2 is 2.10 bits per heavy atom. The minimum atomic E-state index is -0.387. The van der Waals surface area contributed by atoms with Crippen LogP contribution in [0.3, 0.4) is 0 Å². The smallest absolute Gasteiger partial charge is 0.310 e. The Labute approximate surface area is 174 Å². The average Bonchev–Trinajstić information content (AvgIpc) is 3.05. The molecule has 0 N–H and O–H groups in total. The van der Waals surface area contributed by atoms with Gasteiger partial charge in [0, 0.05) is 31.1 Å². The van der Waals surface area contributed by atoms with Crippen LogP contribution in [0.2, 0.25) is 5.02 Å². The highest BCUT2D eigenvalue weighted by Gasteiger charge is 2.31. The van der Waals surface area contributed by atoms with Gasteiger partial charge in [-0.05, 0) is 32.8 Å². The molecule has 1 atom stereocenters. The lowest BCUT2D eigenvalue weighted by Gasteiger charge is -2.32. The monoisotopic (exact) mass is 420 g/mol. The van der Waals surface area contributed by atoms with Gasteiger partial charge in [-0.2, -0.15) is 0 Å². The van der Waals surface area contributed by atoms with Crippen LogP contribution in [0.5, 0.6) is 0 Å². The summed E-state index contributed by atoms with van der Waals surface area (Å²) >= 11 is 6.16. The fourth-order valence-electron chi connectivity index (χ4n) is 3.62. The number of fused-ring (bicyclic) bond motifs is 1. The molecule has 2 heterocycles. The van der Waals surface area contributed by atoms with Crippen LogP contribution in [0.4, 0.5) is 0 Å². The third-order valence-corrected chi connectivity index (χ3v) is 5.52. The second-order valence-corrected chi connectivity index (χ2v) is 7.67. The number of likely N-dealkylation sites (N-methyl/N-ethyl adjacent to an activating group) is 1. The van der Waals surface area contributed by atoms with Gasteiger partial charge in [-0.1, -0.05) is 23.7 Å². The van der Waals surface area contributed by atoms with Crippen molar-refractivity contribution in [2.45, 2.75) is 26.7 Å². The molecule has 1 aromatic carbocycles. The molecule has 0 bridgehead atoms. The molecule has 1 unspecified atom stereocenters. The molecule has 0 spiro atoms. The lowest BCUT2D eigenvalue weighted by Crippen LogP contribution is -2.47. The zero-order valence-electron chi connectivity index (χ0n) is 16.9. The number of benzene rings is 1. The molecule has 3 rings (SSSR count). The van der Waals surface area contributed by atoms with Crippen LogP contribution < -0.4 is 0 Å². The molecule has 1 aliphatic rings. The number of esters is 1. The molecule has 1 aliphatic heterocycles. The number of hydrogen-bond acceptors (Lipinski definition) is 5. The maximum absolute atomic E-state index is 12.9. The van der Waals surface area contributed by atoms with Gasteiger partial charge in [0.1, 0.15) is 0 Å². The van der Waals surface area contributed by atoms with Crippen LogP contribution in [0.15, 0.2) is 22.6 Å². The summed E-state index contributed by atoms with van der Waals surface area (Å²) in [5.41, 5.74) is 1.15. The molecule has 8 heteroatoms. The molecule has 156 valence electrons. The minimum Gasteiger partial charge on any atom is -0.466 e. The number of halogens is 1. The van der Waals surface area contributed by atoms with Gasteiger partial charge < -0.3 is 19.0 Å². The highest BCUT2D eigenvalue weighted by atomic mass is 35.5. The van der Waals surface area contributed by atoms with E-state index in [0.717, 1.165) is 11.8 Å². The summed E-state index contributed by atoms with van der Waals surface area (Å²) in [4.78, 5) is 40.5. The topological polar surface area (TPSA) is 80.1 Å². The standard InChI is InChI=1S/C21H25ClN2O5/c1-4-28-21(27)14-7-6-10-24(11-14)17(25)12-23(3)20(26)18-13(2)15-8-5-9-16(22)19(15)29-18/h5,8-9,14H,4,6-7,10-12H2,1-3H3. The molecule has 7 nitrogen and oxygen atoms in total. The lowest BCUT2D eigenvalue weighted by molar-refractivity contribution is -0.151. The predicted molar refractivity (Wildman–Crippen MR) is 109 cm³/mol. The van der Waals surface area contributed by atoms with E-state index in [1.807, 2.05) is 6.07 Å². The molecule has 0 radical (unpaired) electrons. The largest absolute Gasteiger partial charge is 0.466 e. The fourth-order valence-corrected chi connectivity index (χ4v) is 3.83. The molecular weight excluding hydrogens is 396 g/mol. The van der Waals surface area contributed by atoms with Gasteiger partial charge in [-0.3, -0.25) is 14.4 Å². The van der Waals surface area contributed by atoms with E-state index < -0.39 is 0 Å². The van der Waals surface area contributed by atoms with E-state index in [-0.39, 0.29) is 36.0 Å². The summed E-state index contributed by atoms with van der Waals surface area (Å²) in [7, 11) is 1.56. The number of hydrogen-bond donors (Lipinski definition) is 0. The van der Waals surface area contributed by atoms with Crippen molar-refractivity contribution < 1.29 is 23.5 Å². The number of amides is 2. The Hall–Kier alpha value is -2.54. The van der Waals surface area contributed by atoms with Crippen LogP contribution in [0, 0.1) is 12.8 Å². The predicted octanol–water partition coefficient (Wildman–Crippen LogP) is 3.27. The van der Waals surface area contributed by atoms with Crippen molar-refractivity contribution in [3.63, 3.8) is 0 Å². The number of para-hydroxylation sites is 1. The highest BCUT2D eigenvalue weighted by Crippen LogP contribution is 2.31. The zero-order valence-corrected chi connectivity index (χ0v) is 17.6. The number of likely N-dealkylation sites (tertiary alicyclic amines) is 1. The third kappa shape index (κ3) is 4.40. The SMILES string of the molecule is CCOC(=O)C1CCCN(C(=O)CN(C)C(=O)c2oc3c(Cl)cccc3c2C)C1. The van der Waals surface area contributed by atoms with E-state index in [0.29, 0.717) is 42.3 Å². The van der Waals surface area contributed by atoms with Gasteiger partial charge in [-0.25, -0.2) is 0 Å². The molecule has 2 amide bonds. The van der Waals surface area contributed by atoms with Crippen molar-refractivity contribution >= 4 is 40.4 Å². The summed E-state index contributed by atoms with van der Waals surface area (Å²) < 4.78 is 10.8. The molecule has 2 aromatic rings. The van der Waals surface area contributed by atoms with Gasteiger partial charge in [0.2, 0.25) is 5.91 Å². The van der Waals surface area contributed by atoms with Crippen molar-refractivity contribution in [3.05, 3.63) is 34.5 Å². The van der Waals surface area contributed by atoms with Crippen molar-refractivity contribution in [3.8, 4) is 0 Å². The number of ether oxygens (including phenoxy) is 1. The van der Waals surface area contributed by atoms with Crippen LogP contribution >= 0.6 is 11.6 Å². The van der Waals surface area contributed by atoms with Crippen LogP contribution in [0.1, 0.15) is 35.9 Å². The molecule has 29 heavy (non-hydrogen) atoms. The van der Waals surface area contributed by atoms with Gasteiger partial charge in [0.25, 0.3) is 5.91 Å². The first-order valence-corrected chi connectivity index (χ1v) is 10.1. The maximum Gasteiger partial charge on any atom is 0.310 e. The number of carbonyl (C=O) groups is 3. The zero-order chi connectivity index (χ0) is 21.1. The Morgan fingerprint density at radius 1 is 1.34 bits per heavy atom. The van der Waals surface area contributed by atoms with Crippen molar-refractivity contribution in [2.24, 2.45) is 5.92 Å². The number of furan rings is 1. The quantitative estimate of drug-likeness (QED) is 0.693. The summed E-state index contributed by atoms with van der Waals surface area (Å²) in [6, 6.07) is 5.33. The molecule has 1 saturated heterocycles. The Bertz CT molecular complexity index is 939. The third-order valence-electron chi connectivity index (χ3n) is 5.22. The second-order valence-electron chi connectivity index (χ2n) is 7.26. The Kier molecular flexibility index (Phi) is 6.47. The van der Waals surface area contributed by atoms with E-state index in [1.54, 1.807) is 37.9 Å². The first-order chi connectivity index (χ1) is 13.8. The van der Waals surface area contributed by atoms with Crippen molar-refractivity contribution in [1.29, 1.82) is 0 Å². The second kappa shape index (κ2) is 8.86. The van der Waals surface area contributed by atoms with Crippen molar-refractivity contribution in [2.75, 3.05) is 33.3 Å². The number of carbonyl (C=O) groups excluding carboxylic acids is 3. The fraction of sp³-hybridized carbons (Fsp3) is 0.476. The number of rotatable bonds is 5. The summed E-state index contributed by atoms with van der Waals surface area (Å²) in [5, 5.41) is 1.20. The van der Waals surface area contributed by atoms with Crippen LogP contribution in [-0.2, 0) is 14.3 Å². The Balaban J connectivity index is 1.68. The minimum absolute atomic E-state index is 0.0986. The summed E-state index contributed by atoms with van der Waals surface area (Å²) in [5.74, 6) is -1.01. The maximum atomic E-state index is 12.9. The molecule has 1 aromatic heterocycles. The van der Waals surface area contributed by atoms with Gasteiger partial charge >= 0.3 is 5.97 Å². The summed E-state index contributed by atoms with van der Waals surface area (Å²) in [6.07, 6.45) is 1.43. The average molecular weight is 421 g/mol. The van der Waals surface area contributed by atoms with Gasteiger partial charge in [0.05, 0.1) is 24.1 Å². The number of piperidine rings is 1. The summed E-state index contributed by atoms with van der Waals surface area (Å²) in [6.45, 7) is 4.66. The molecular formula is C21H25ClN2O5. The van der Waals surface area contributed by atoms with E-state index in [9.17, 15) is 14.4 Å². The lowest BCUT2D eigenvalue weighted by atomic mass is 9.98. The highest BCUT2D eigenvalue weighted by molar-refractivity contribution is 6.35. The van der Waals surface area contributed by atoms with E-state index in [1.165, 1.54) is 4.90 Å². The first kappa shape index (κ1) is 21.2. The van der Waals surface area contributed by atoms with E-state index in [4.69, 9.17) is 20.8 Å². The molecule has 0 aliphatic carbocycles. The Morgan fingerprint density at radius 3 is 2.79 bits per heavy atom. The molecule has 0 saturated carbocycles. The molecule has 1 fully saturated rings. The van der Waals surface area contributed by atoms with Gasteiger partial charge in [-0.15, -0.1) is 0 Å². The van der Waals surface area contributed by atoms with E-state index in [2.05, 4.69) is 0 Å². The van der Waals surface area contributed by atoms with Crippen LogP contribution in [0.25, 0.3) is 11.0 Å². The van der Waals surface area contributed by atoms with Crippen molar-refractivity contribution in [1.82, 2.24) is 9.80 Å². The number of nitrogens with zero attached hydrogens (tertiary/aromatic N) is 2. The van der Waals surface area contributed by atoms with E-state index >= 15 is 0 Å². The first-order valence-electron chi connectivity index (χ1n) is 9.71. The van der Waals surface area contributed by atoms with Gasteiger partial charge in [0.15, 0.2) is 11.3 Å². The van der Waals surface area contributed by atoms with Crippen LogP contribution in [-0.4, -0.2) is 60.9 Å². The normalized spacial score (nSPS) is 16.7. The number of aryl methyl sites for hydroxylation is 1.